The van der Waals surface area contributed by atoms with Gasteiger partial charge in [-0.1, -0.05) is 69.8 Å². The van der Waals surface area contributed by atoms with Crippen LogP contribution in [0.4, 0.5) is 0 Å². The third kappa shape index (κ3) is 12.8. The fraction of sp³-hybridized carbons (Fsp3) is 0.436. The van der Waals surface area contributed by atoms with Crippen LogP contribution in [-0.4, -0.2) is 0 Å². The van der Waals surface area contributed by atoms with Crippen molar-refractivity contribution in [3.8, 4) is 0 Å². The number of allylic oxidation sites excluding steroid dienone is 2. The van der Waals surface area contributed by atoms with Crippen molar-refractivity contribution in [2.45, 2.75) is 103 Å². The fourth-order valence-corrected chi connectivity index (χ4v) is 9.66. The molecule has 2 unspecified atom stereocenters. The van der Waals surface area contributed by atoms with E-state index < -0.39 is 24.6 Å². The van der Waals surface area contributed by atoms with Gasteiger partial charge >= 0.3 is 153 Å². The molecule has 42 heavy (non-hydrogen) atoms. The van der Waals surface area contributed by atoms with Crippen LogP contribution in [0.5, 0.6) is 0 Å². The van der Waals surface area contributed by atoms with E-state index >= 15 is 0 Å². The molecule has 1 nitrogen and oxygen atoms in total. The maximum atomic E-state index is 5.92. The quantitative estimate of drug-likeness (QED) is 0.151. The molecule has 0 spiro atoms. The number of hydrogen-bond acceptors (Lipinski definition) is 1. The Morgan fingerprint density at radius 2 is 1.50 bits per heavy atom. The first-order valence-corrected chi connectivity index (χ1v) is 23.2. The number of halogens is 1. The van der Waals surface area contributed by atoms with Crippen molar-refractivity contribution in [3.63, 3.8) is 0 Å². The van der Waals surface area contributed by atoms with Gasteiger partial charge in [0.2, 0.25) is 0 Å². The van der Waals surface area contributed by atoms with E-state index in [1.54, 1.807) is 8.65 Å². The zero-order valence-corrected chi connectivity index (χ0v) is 33.8. The normalized spacial score (nSPS) is 13.2. The standard InChI is InChI=1S/C19H20N.C15H21Cl.C3H8.C2H5.Hg/c1-15-10-12-18(13-11-15)19(17-8-5-9-17)20-14-16-6-3-2-4-7-16;1-5-12(4)15(10-11(2)3)13-6-8-14(16)9-7-13;1-3-2;1-2;/h3-4,6-7,10-13,20H,5,8-9,14H2,1H3;6-9,12,15H,2,5,10H2,1,3-4H3;3H2,1-2H3;1H2,2H3;. The Kier molecular flexibility index (Phi) is 17.5. The van der Waals surface area contributed by atoms with Gasteiger partial charge in [-0.05, 0) is 42.9 Å². The van der Waals surface area contributed by atoms with E-state index in [-0.39, 0.29) is 0 Å². The molecular formula is C39H54ClHgN. The van der Waals surface area contributed by atoms with Crippen LogP contribution in [0, 0.1) is 12.8 Å². The summed E-state index contributed by atoms with van der Waals surface area (Å²) in [7, 11) is 0. The van der Waals surface area contributed by atoms with Crippen molar-refractivity contribution in [1.29, 1.82) is 0 Å². The molecule has 1 aliphatic carbocycles. The monoisotopic (exact) mass is 773 g/mol. The fourth-order valence-electron chi connectivity index (χ4n) is 5.08. The molecule has 3 aromatic rings. The molecule has 4 rings (SSSR count). The van der Waals surface area contributed by atoms with Gasteiger partial charge in [-0.2, -0.15) is 0 Å². The first-order valence-electron chi connectivity index (χ1n) is 16.2. The Morgan fingerprint density at radius 1 is 0.905 bits per heavy atom. The maximum absolute atomic E-state index is 5.92. The van der Waals surface area contributed by atoms with Gasteiger partial charge in [-0.15, -0.1) is 6.58 Å². The molecule has 0 amide bonds. The van der Waals surface area contributed by atoms with Gasteiger partial charge in [0, 0.05) is 5.02 Å². The van der Waals surface area contributed by atoms with Crippen LogP contribution in [0.2, 0.25) is 8.95 Å². The van der Waals surface area contributed by atoms with Crippen LogP contribution in [0.1, 0.15) is 108 Å². The average Bonchev–Trinajstić information content (AvgIpc) is 2.95. The molecular weight excluding hydrogens is 718 g/mol. The summed E-state index contributed by atoms with van der Waals surface area (Å²) in [4.78, 5) is 0. The summed E-state index contributed by atoms with van der Waals surface area (Å²) in [6, 6.07) is 26.5. The van der Waals surface area contributed by atoms with Crippen LogP contribution in [0.3, 0.4) is 0 Å². The van der Waals surface area contributed by atoms with Gasteiger partial charge in [0.25, 0.3) is 0 Å². The summed E-state index contributed by atoms with van der Waals surface area (Å²) in [6.45, 7) is 20.3. The van der Waals surface area contributed by atoms with Crippen LogP contribution in [-0.2, 0) is 31.1 Å². The summed E-state index contributed by atoms with van der Waals surface area (Å²) in [5, 5.41) is 4.53. The average molecular weight is 773 g/mol. The Labute approximate surface area is 275 Å². The number of benzene rings is 3. The first kappa shape index (κ1) is 36.4. The van der Waals surface area contributed by atoms with Gasteiger partial charge in [0.15, 0.2) is 0 Å². The molecule has 0 aromatic heterocycles. The van der Waals surface area contributed by atoms with E-state index in [9.17, 15) is 0 Å². The second-order valence-corrected chi connectivity index (χ2v) is 21.5. The minimum atomic E-state index is -0.751. The Bertz CT molecular complexity index is 1200. The predicted molar refractivity (Wildman–Crippen MR) is 184 cm³/mol. The van der Waals surface area contributed by atoms with Crippen molar-refractivity contribution in [3.05, 3.63) is 118 Å². The second-order valence-electron chi connectivity index (χ2n) is 12.0. The number of aryl methyl sites for hydroxylation is 1. The van der Waals surface area contributed by atoms with E-state index in [0.717, 1.165) is 18.0 Å². The van der Waals surface area contributed by atoms with Crippen LogP contribution in [0.15, 0.2) is 90.5 Å². The van der Waals surface area contributed by atoms with E-state index in [1.807, 2.05) is 12.1 Å². The Hall–Kier alpha value is -1.83. The Balaban J connectivity index is 0.000000284. The molecule has 0 aliphatic heterocycles. The van der Waals surface area contributed by atoms with Gasteiger partial charge in [0.05, 0.1) is 0 Å². The van der Waals surface area contributed by atoms with E-state index in [0.29, 0.717) is 11.8 Å². The van der Waals surface area contributed by atoms with Gasteiger partial charge in [-0.25, -0.2) is 0 Å². The molecule has 2 atom stereocenters. The minimum absolute atomic E-state index is 0.569. The van der Waals surface area contributed by atoms with E-state index in [1.165, 1.54) is 69.6 Å². The predicted octanol–water partition coefficient (Wildman–Crippen LogP) is 11.7. The van der Waals surface area contributed by atoms with Crippen molar-refractivity contribution in [2.24, 2.45) is 5.92 Å². The SMILES string of the molecule is C=C(C)CC(c1ccc(Cl)cc1)C(C)CC.CCC.C[CH2][Hg][c]1ccc(CNC(=C2CCC2)c2ccc(C)cc2)cc1. The molecule has 3 aromatic carbocycles. The summed E-state index contributed by atoms with van der Waals surface area (Å²) in [5.74, 6) is 1.25. The third-order valence-electron chi connectivity index (χ3n) is 7.88. The Morgan fingerprint density at radius 3 is 1.98 bits per heavy atom. The summed E-state index contributed by atoms with van der Waals surface area (Å²) >= 11 is 5.17. The van der Waals surface area contributed by atoms with E-state index in [4.69, 9.17) is 11.6 Å². The summed E-state index contributed by atoms with van der Waals surface area (Å²) in [5.41, 5.74) is 9.64. The molecule has 224 valence electrons. The van der Waals surface area contributed by atoms with Crippen LogP contribution < -0.4 is 8.39 Å². The zero-order chi connectivity index (χ0) is 30.9. The molecule has 0 saturated heterocycles. The van der Waals surface area contributed by atoms with Crippen LogP contribution in [0.25, 0.3) is 5.70 Å². The van der Waals surface area contributed by atoms with Crippen molar-refractivity contribution >= 4 is 20.4 Å². The van der Waals surface area contributed by atoms with Crippen molar-refractivity contribution in [2.75, 3.05) is 0 Å². The second kappa shape index (κ2) is 20.2. The van der Waals surface area contributed by atoms with Crippen molar-refractivity contribution < 1.29 is 24.6 Å². The van der Waals surface area contributed by atoms with Gasteiger partial charge in [-0.3, -0.25) is 0 Å². The van der Waals surface area contributed by atoms with E-state index in [2.05, 4.69) is 121 Å². The first-order chi connectivity index (χ1) is 20.2. The van der Waals surface area contributed by atoms with Crippen LogP contribution >= 0.6 is 11.6 Å². The molecule has 1 N–H and O–H groups in total. The van der Waals surface area contributed by atoms with Crippen molar-refractivity contribution in [1.82, 2.24) is 5.32 Å². The third-order valence-corrected chi connectivity index (χ3v) is 14.2. The van der Waals surface area contributed by atoms with Gasteiger partial charge < -0.3 is 0 Å². The summed E-state index contributed by atoms with van der Waals surface area (Å²) < 4.78 is 3.09. The zero-order valence-electron chi connectivity index (χ0n) is 27.5. The number of rotatable bonds is 11. The molecule has 0 bridgehead atoms. The number of hydrogen-bond donors (Lipinski definition) is 1. The van der Waals surface area contributed by atoms with Gasteiger partial charge in [0.1, 0.15) is 0 Å². The molecule has 0 radical (unpaired) electrons. The molecule has 1 saturated carbocycles. The molecule has 3 heteroatoms. The topological polar surface area (TPSA) is 12.0 Å². The summed E-state index contributed by atoms with van der Waals surface area (Å²) in [6.07, 6.45) is 7.35. The molecule has 1 aliphatic rings. The number of nitrogens with one attached hydrogen (secondary N) is 1. The molecule has 0 heterocycles. The molecule has 1 fully saturated rings.